The van der Waals surface area contributed by atoms with Crippen LogP contribution in [0.1, 0.15) is 24.0 Å². The molecule has 4 N–H and O–H groups in total. The molecule has 0 aliphatic heterocycles. The summed E-state index contributed by atoms with van der Waals surface area (Å²) in [6.45, 7) is 0.565. The number of nitrogens with one attached hydrogen (secondary N) is 1. The summed E-state index contributed by atoms with van der Waals surface area (Å²) in [6, 6.07) is 4.83. The van der Waals surface area contributed by atoms with E-state index in [2.05, 4.69) is 22.6 Å². The minimum absolute atomic E-state index is 0.0849. The molecule has 0 radical (unpaired) electrons. The van der Waals surface area contributed by atoms with E-state index in [1.165, 1.54) is 12.1 Å². The molecule has 5 heteroatoms. The zero-order valence-corrected chi connectivity index (χ0v) is 9.94. The summed E-state index contributed by atoms with van der Waals surface area (Å²) in [5, 5.41) is 14.8. The first-order chi connectivity index (χ1) is 8.69. The molecule has 2 rings (SSSR count). The Kier molecular flexibility index (Phi) is 3.94. The first-order valence-corrected chi connectivity index (χ1v) is 5.85. The quantitative estimate of drug-likeness (QED) is 0.250. The van der Waals surface area contributed by atoms with Crippen LogP contribution in [0.4, 0.5) is 4.39 Å². The van der Waals surface area contributed by atoms with Gasteiger partial charge in [0.25, 0.3) is 0 Å². The van der Waals surface area contributed by atoms with Gasteiger partial charge in [-0.05, 0) is 36.6 Å². The van der Waals surface area contributed by atoms with Crippen molar-refractivity contribution in [3.63, 3.8) is 0 Å². The van der Waals surface area contributed by atoms with Crippen molar-refractivity contribution in [2.45, 2.75) is 25.4 Å². The van der Waals surface area contributed by atoms with Crippen LogP contribution in [0.25, 0.3) is 0 Å². The molecule has 0 spiro atoms. The average Bonchev–Trinajstić information content (AvgIpc) is 2.88. The van der Waals surface area contributed by atoms with Crippen LogP contribution in [0, 0.1) is 5.82 Å². The summed E-state index contributed by atoms with van der Waals surface area (Å²) in [4.78, 5) is 0. The Labute approximate surface area is 105 Å². The average molecular weight is 249 g/mol. The predicted molar refractivity (Wildman–Crippen MR) is 67.9 cm³/mol. The fourth-order valence-electron chi connectivity index (χ4n) is 2.00. The van der Waals surface area contributed by atoms with Crippen LogP contribution < -0.4 is 11.1 Å². The fraction of sp³-hybridized carbons (Fsp3) is 0.308. The highest BCUT2D eigenvalue weighted by Crippen LogP contribution is 2.13. The van der Waals surface area contributed by atoms with E-state index in [1.54, 1.807) is 6.07 Å². The zero-order valence-electron chi connectivity index (χ0n) is 9.94. The molecule has 0 saturated carbocycles. The topological polar surface area (TPSA) is 70.6 Å². The molecule has 1 aliphatic carbocycles. The minimum Gasteiger partial charge on any atom is -0.409 e. The van der Waals surface area contributed by atoms with Crippen molar-refractivity contribution in [2.75, 3.05) is 0 Å². The number of amidine groups is 1. The standard InChI is InChI=1S/C13H16FN3O/c14-11-6-9(5-10(7-11)13(15)17-18)8-16-12-3-1-2-4-12/h1-2,5-7,12,16,18H,3-4,8H2,(H2,15,17). The number of hydrogen-bond acceptors (Lipinski definition) is 3. The number of nitrogens with two attached hydrogens (primary N) is 1. The van der Waals surface area contributed by atoms with Crippen LogP contribution in [0.15, 0.2) is 35.5 Å². The van der Waals surface area contributed by atoms with Gasteiger partial charge in [-0.15, -0.1) is 0 Å². The molecule has 96 valence electrons. The molecule has 1 aromatic carbocycles. The first kappa shape index (κ1) is 12.6. The summed E-state index contributed by atoms with van der Waals surface area (Å²) in [6.07, 6.45) is 6.26. The van der Waals surface area contributed by atoms with Gasteiger partial charge in [0.05, 0.1) is 0 Å². The van der Waals surface area contributed by atoms with Crippen molar-refractivity contribution in [1.82, 2.24) is 5.32 Å². The molecule has 1 aromatic rings. The lowest BCUT2D eigenvalue weighted by molar-refractivity contribution is 0.318. The van der Waals surface area contributed by atoms with E-state index < -0.39 is 0 Å². The van der Waals surface area contributed by atoms with E-state index in [0.717, 1.165) is 18.4 Å². The molecule has 0 heterocycles. The van der Waals surface area contributed by atoms with Crippen molar-refractivity contribution in [1.29, 1.82) is 0 Å². The third kappa shape index (κ3) is 3.07. The van der Waals surface area contributed by atoms with Gasteiger partial charge in [-0.3, -0.25) is 0 Å². The van der Waals surface area contributed by atoms with Crippen molar-refractivity contribution in [2.24, 2.45) is 10.9 Å². The Hall–Kier alpha value is -1.88. The maximum absolute atomic E-state index is 13.4. The molecule has 18 heavy (non-hydrogen) atoms. The lowest BCUT2D eigenvalue weighted by Crippen LogP contribution is -2.26. The molecule has 4 nitrogen and oxygen atoms in total. The van der Waals surface area contributed by atoms with Crippen LogP contribution in [0.2, 0.25) is 0 Å². The van der Waals surface area contributed by atoms with E-state index in [0.29, 0.717) is 18.2 Å². The summed E-state index contributed by atoms with van der Waals surface area (Å²) in [5.41, 5.74) is 6.62. The van der Waals surface area contributed by atoms with Gasteiger partial charge in [-0.2, -0.15) is 0 Å². The van der Waals surface area contributed by atoms with Crippen LogP contribution in [0.3, 0.4) is 0 Å². The maximum atomic E-state index is 13.4. The van der Waals surface area contributed by atoms with Gasteiger partial charge in [0.2, 0.25) is 0 Å². The highest BCUT2D eigenvalue weighted by molar-refractivity contribution is 5.97. The Morgan fingerprint density at radius 3 is 2.78 bits per heavy atom. The second kappa shape index (κ2) is 5.64. The summed E-state index contributed by atoms with van der Waals surface area (Å²) in [5.74, 6) is -0.473. The number of oxime groups is 1. The van der Waals surface area contributed by atoms with Gasteiger partial charge in [0.1, 0.15) is 5.82 Å². The molecule has 0 fully saturated rings. The smallest absolute Gasteiger partial charge is 0.170 e. The van der Waals surface area contributed by atoms with Crippen LogP contribution in [-0.2, 0) is 6.54 Å². The van der Waals surface area contributed by atoms with E-state index in [1.807, 2.05) is 0 Å². The van der Waals surface area contributed by atoms with Crippen LogP contribution >= 0.6 is 0 Å². The molecular formula is C13H16FN3O. The van der Waals surface area contributed by atoms with Crippen molar-refractivity contribution < 1.29 is 9.60 Å². The van der Waals surface area contributed by atoms with Crippen LogP contribution in [0.5, 0.6) is 0 Å². The number of nitrogens with zero attached hydrogens (tertiary/aromatic N) is 1. The summed E-state index contributed by atoms with van der Waals surface area (Å²) in [7, 11) is 0. The first-order valence-electron chi connectivity index (χ1n) is 5.85. The SMILES string of the molecule is N/C(=N/O)c1cc(F)cc(CNC2CC=CC2)c1. The second-order valence-corrected chi connectivity index (χ2v) is 4.35. The zero-order chi connectivity index (χ0) is 13.0. The normalized spacial score (nSPS) is 16.4. The number of benzene rings is 1. The molecule has 1 aliphatic rings. The Morgan fingerprint density at radius 2 is 2.11 bits per heavy atom. The Morgan fingerprint density at radius 1 is 1.39 bits per heavy atom. The lowest BCUT2D eigenvalue weighted by atomic mass is 10.1. The van der Waals surface area contributed by atoms with Gasteiger partial charge in [-0.1, -0.05) is 17.3 Å². The highest BCUT2D eigenvalue weighted by Gasteiger charge is 2.10. The predicted octanol–water partition coefficient (Wildman–Crippen LogP) is 1.73. The van der Waals surface area contributed by atoms with Gasteiger partial charge >= 0.3 is 0 Å². The van der Waals surface area contributed by atoms with Gasteiger partial charge in [-0.25, -0.2) is 4.39 Å². The number of rotatable bonds is 4. The fourth-order valence-corrected chi connectivity index (χ4v) is 2.00. The third-order valence-electron chi connectivity index (χ3n) is 2.96. The number of halogens is 1. The molecule has 0 bridgehead atoms. The molecular weight excluding hydrogens is 233 g/mol. The Bertz CT molecular complexity index is 477. The molecule has 0 aromatic heterocycles. The molecule has 0 amide bonds. The highest BCUT2D eigenvalue weighted by atomic mass is 19.1. The van der Waals surface area contributed by atoms with Crippen molar-refractivity contribution in [3.8, 4) is 0 Å². The minimum atomic E-state index is -0.388. The van der Waals surface area contributed by atoms with E-state index in [-0.39, 0.29) is 11.7 Å². The number of hydrogen-bond donors (Lipinski definition) is 3. The lowest BCUT2D eigenvalue weighted by Gasteiger charge is -2.12. The van der Waals surface area contributed by atoms with Gasteiger partial charge < -0.3 is 16.3 Å². The summed E-state index contributed by atoms with van der Waals surface area (Å²) >= 11 is 0. The third-order valence-corrected chi connectivity index (χ3v) is 2.96. The maximum Gasteiger partial charge on any atom is 0.170 e. The molecule has 0 unspecified atom stereocenters. The van der Waals surface area contributed by atoms with Crippen molar-refractivity contribution in [3.05, 3.63) is 47.3 Å². The Balaban J connectivity index is 2.05. The monoisotopic (exact) mass is 249 g/mol. The molecule has 0 saturated heterocycles. The van der Waals surface area contributed by atoms with Gasteiger partial charge in [0, 0.05) is 18.2 Å². The molecule has 0 atom stereocenters. The van der Waals surface area contributed by atoms with Crippen molar-refractivity contribution >= 4 is 5.84 Å². The van der Waals surface area contributed by atoms with Crippen LogP contribution in [-0.4, -0.2) is 17.1 Å². The van der Waals surface area contributed by atoms with Gasteiger partial charge in [0.15, 0.2) is 5.84 Å². The summed E-state index contributed by atoms with van der Waals surface area (Å²) < 4.78 is 13.4. The van der Waals surface area contributed by atoms with E-state index in [4.69, 9.17) is 10.9 Å². The van der Waals surface area contributed by atoms with E-state index in [9.17, 15) is 4.39 Å². The largest absolute Gasteiger partial charge is 0.409 e. The second-order valence-electron chi connectivity index (χ2n) is 4.35. The van der Waals surface area contributed by atoms with E-state index >= 15 is 0 Å².